The molecule has 2 atom stereocenters. The minimum Gasteiger partial charge on any atom is -0.464 e. The van der Waals surface area contributed by atoms with Crippen molar-refractivity contribution in [3.63, 3.8) is 0 Å². The first-order chi connectivity index (χ1) is 6.65. The van der Waals surface area contributed by atoms with Crippen LogP contribution in [0.25, 0.3) is 0 Å². The molecular formula is C10H20O4. The van der Waals surface area contributed by atoms with E-state index in [-0.39, 0.29) is 12.3 Å². The van der Waals surface area contributed by atoms with Crippen molar-refractivity contribution in [2.75, 3.05) is 13.2 Å². The summed E-state index contributed by atoms with van der Waals surface area (Å²) in [5.74, 6) is -0.318. The number of hydrogen-bond acceptors (Lipinski definition) is 4. The van der Waals surface area contributed by atoms with E-state index in [0.717, 1.165) is 0 Å². The Hall–Kier alpha value is -0.610. The molecule has 0 N–H and O–H groups in total. The van der Waals surface area contributed by atoms with Gasteiger partial charge in [0.05, 0.1) is 6.61 Å². The van der Waals surface area contributed by atoms with Crippen LogP contribution in [0.2, 0.25) is 0 Å². The lowest BCUT2D eigenvalue weighted by atomic mass is 10.3. The molecule has 14 heavy (non-hydrogen) atoms. The average Bonchev–Trinajstić information content (AvgIpc) is 2.15. The summed E-state index contributed by atoms with van der Waals surface area (Å²) in [7, 11) is 0. The Labute approximate surface area is 85.5 Å². The molecule has 0 aliphatic carbocycles. The number of esters is 1. The quantitative estimate of drug-likeness (QED) is 0.468. The molecule has 0 radical (unpaired) electrons. The largest absolute Gasteiger partial charge is 0.464 e. The average molecular weight is 204 g/mol. The second-order valence-corrected chi connectivity index (χ2v) is 2.81. The monoisotopic (exact) mass is 204 g/mol. The van der Waals surface area contributed by atoms with Crippen molar-refractivity contribution in [1.82, 2.24) is 0 Å². The molecule has 0 saturated heterocycles. The highest BCUT2D eigenvalue weighted by Crippen LogP contribution is 2.06. The molecule has 0 bridgehead atoms. The van der Waals surface area contributed by atoms with Gasteiger partial charge in [0.1, 0.15) is 0 Å². The van der Waals surface area contributed by atoms with Crippen LogP contribution < -0.4 is 0 Å². The smallest absolute Gasteiger partial charge is 0.335 e. The van der Waals surface area contributed by atoms with Crippen LogP contribution in [0.15, 0.2) is 0 Å². The third-order valence-corrected chi connectivity index (χ3v) is 1.68. The Morgan fingerprint density at radius 1 is 1.21 bits per heavy atom. The molecular weight excluding hydrogens is 184 g/mol. The van der Waals surface area contributed by atoms with Gasteiger partial charge in [0, 0.05) is 6.61 Å². The fourth-order valence-electron chi connectivity index (χ4n) is 1.06. The van der Waals surface area contributed by atoms with Crippen molar-refractivity contribution < 1.29 is 19.0 Å². The summed E-state index contributed by atoms with van der Waals surface area (Å²) < 4.78 is 15.4. The van der Waals surface area contributed by atoms with Gasteiger partial charge in [-0.15, -0.1) is 0 Å². The zero-order valence-corrected chi connectivity index (χ0v) is 9.41. The molecule has 0 spiro atoms. The van der Waals surface area contributed by atoms with Gasteiger partial charge < -0.3 is 14.2 Å². The molecule has 4 heteroatoms. The lowest BCUT2D eigenvalue weighted by Gasteiger charge is -2.19. The summed E-state index contributed by atoms with van der Waals surface area (Å²) in [4.78, 5) is 11.3. The van der Waals surface area contributed by atoms with E-state index in [4.69, 9.17) is 14.2 Å². The number of rotatable bonds is 7. The highest BCUT2D eigenvalue weighted by molar-refractivity contribution is 5.74. The number of carbonyl (C=O) groups excluding carboxylic acids is 1. The summed E-state index contributed by atoms with van der Waals surface area (Å²) in [6, 6.07) is 0. The molecule has 0 fully saturated rings. The van der Waals surface area contributed by atoms with Crippen molar-refractivity contribution in [2.24, 2.45) is 0 Å². The van der Waals surface area contributed by atoms with E-state index >= 15 is 0 Å². The van der Waals surface area contributed by atoms with Gasteiger partial charge in [-0.05, 0) is 27.2 Å². The Balaban J connectivity index is 3.94. The predicted octanol–water partition coefficient (Wildman–Crippen LogP) is 1.73. The Bertz CT molecular complexity index is 158. The highest BCUT2D eigenvalue weighted by Gasteiger charge is 2.20. The fourth-order valence-corrected chi connectivity index (χ4v) is 1.06. The van der Waals surface area contributed by atoms with E-state index < -0.39 is 6.10 Å². The number of hydrogen-bond donors (Lipinski definition) is 0. The normalized spacial score (nSPS) is 14.9. The first-order valence-corrected chi connectivity index (χ1v) is 5.09. The van der Waals surface area contributed by atoms with Crippen LogP contribution in [0.1, 0.15) is 34.1 Å². The van der Waals surface area contributed by atoms with E-state index in [9.17, 15) is 4.79 Å². The van der Waals surface area contributed by atoms with E-state index in [1.807, 2.05) is 13.8 Å². The molecule has 4 nitrogen and oxygen atoms in total. The van der Waals surface area contributed by atoms with E-state index in [1.165, 1.54) is 0 Å². The van der Waals surface area contributed by atoms with Gasteiger partial charge in [-0.1, -0.05) is 6.92 Å². The fraction of sp³-hybridized carbons (Fsp3) is 0.900. The second-order valence-electron chi connectivity index (χ2n) is 2.81. The third-order valence-electron chi connectivity index (χ3n) is 1.68. The molecule has 0 saturated carbocycles. The maximum Gasteiger partial charge on any atom is 0.335 e. The lowest BCUT2D eigenvalue weighted by molar-refractivity contribution is -0.187. The Kier molecular flexibility index (Phi) is 7.42. The molecule has 1 unspecified atom stereocenters. The summed E-state index contributed by atoms with van der Waals surface area (Å²) in [5, 5.41) is 0. The SMILES string of the molecule is CCOC(=O)[C@H](CC)OC(C)OCC. The molecule has 0 rings (SSSR count). The van der Waals surface area contributed by atoms with Crippen LogP contribution in [0, 0.1) is 0 Å². The van der Waals surface area contributed by atoms with Gasteiger partial charge in [0.25, 0.3) is 0 Å². The summed E-state index contributed by atoms with van der Waals surface area (Å²) in [6.45, 7) is 8.25. The molecule has 84 valence electrons. The molecule has 0 aliphatic rings. The zero-order chi connectivity index (χ0) is 11.0. The van der Waals surface area contributed by atoms with Crippen LogP contribution in [-0.2, 0) is 19.0 Å². The van der Waals surface area contributed by atoms with Crippen molar-refractivity contribution in [1.29, 1.82) is 0 Å². The minimum atomic E-state index is -0.517. The Morgan fingerprint density at radius 2 is 1.86 bits per heavy atom. The van der Waals surface area contributed by atoms with Crippen LogP contribution in [0.3, 0.4) is 0 Å². The lowest BCUT2D eigenvalue weighted by Crippen LogP contribution is -2.30. The topological polar surface area (TPSA) is 44.8 Å². The summed E-state index contributed by atoms with van der Waals surface area (Å²) in [5.41, 5.74) is 0. The summed E-state index contributed by atoms with van der Waals surface area (Å²) in [6.07, 6.45) is -0.290. The molecule has 0 aromatic carbocycles. The van der Waals surface area contributed by atoms with E-state index in [2.05, 4.69) is 0 Å². The molecule has 0 aliphatic heterocycles. The maximum absolute atomic E-state index is 11.3. The van der Waals surface area contributed by atoms with Crippen molar-refractivity contribution in [3.05, 3.63) is 0 Å². The van der Waals surface area contributed by atoms with Gasteiger partial charge in [-0.25, -0.2) is 4.79 Å². The second kappa shape index (κ2) is 7.76. The zero-order valence-electron chi connectivity index (χ0n) is 9.41. The Morgan fingerprint density at radius 3 is 2.29 bits per heavy atom. The van der Waals surface area contributed by atoms with Gasteiger partial charge in [0.2, 0.25) is 0 Å². The van der Waals surface area contributed by atoms with Gasteiger partial charge >= 0.3 is 5.97 Å². The van der Waals surface area contributed by atoms with Crippen molar-refractivity contribution >= 4 is 5.97 Å². The number of ether oxygens (including phenoxy) is 3. The molecule has 0 heterocycles. The third kappa shape index (κ3) is 5.19. The van der Waals surface area contributed by atoms with Gasteiger partial charge in [-0.2, -0.15) is 0 Å². The van der Waals surface area contributed by atoms with Crippen molar-refractivity contribution in [3.8, 4) is 0 Å². The predicted molar refractivity (Wildman–Crippen MR) is 52.9 cm³/mol. The maximum atomic E-state index is 11.3. The first-order valence-electron chi connectivity index (χ1n) is 5.09. The minimum absolute atomic E-state index is 0.318. The van der Waals surface area contributed by atoms with Crippen LogP contribution in [0.4, 0.5) is 0 Å². The highest BCUT2D eigenvalue weighted by atomic mass is 16.7. The van der Waals surface area contributed by atoms with Crippen LogP contribution in [-0.4, -0.2) is 31.6 Å². The van der Waals surface area contributed by atoms with E-state index in [1.54, 1.807) is 13.8 Å². The van der Waals surface area contributed by atoms with E-state index in [0.29, 0.717) is 19.6 Å². The van der Waals surface area contributed by atoms with Crippen LogP contribution in [0.5, 0.6) is 0 Å². The number of carbonyl (C=O) groups is 1. The first kappa shape index (κ1) is 13.4. The molecule has 0 aromatic heterocycles. The summed E-state index contributed by atoms with van der Waals surface area (Å²) >= 11 is 0. The van der Waals surface area contributed by atoms with Gasteiger partial charge in [-0.3, -0.25) is 0 Å². The van der Waals surface area contributed by atoms with Gasteiger partial charge in [0.15, 0.2) is 12.4 Å². The molecule has 0 amide bonds. The van der Waals surface area contributed by atoms with Crippen LogP contribution >= 0.6 is 0 Å². The molecule has 0 aromatic rings. The standard InChI is InChI=1S/C10H20O4/c1-5-9(10(11)13-7-3)14-8(4)12-6-2/h8-9H,5-7H2,1-4H3/t8?,9-/m0/s1. The van der Waals surface area contributed by atoms with Crippen molar-refractivity contribution in [2.45, 2.75) is 46.5 Å².